The number of anilines is 2. The number of hydrogen-bond donors (Lipinski definition) is 2. The van der Waals surface area contributed by atoms with Crippen LogP contribution in [0.1, 0.15) is 0 Å². The van der Waals surface area contributed by atoms with Crippen LogP contribution in [-0.4, -0.2) is 19.4 Å². The minimum absolute atomic E-state index is 0.0829. The fourth-order valence-corrected chi connectivity index (χ4v) is 2.43. The minimum Gasteiger partial charge on any atom is -0.308 e. The van der Waals surface area contributed by atoms with Crippen LogP contribution in [0.25, 0.3) is 0 Å². The molecule has 0 radical (unpaired) electrons. The first-order valence-electron chi connectivity index (χ1n) is 6.13. The molecule has 10 heteroatoms. The second-order valence-electron chi connectivity index (χ2n) is 4.35. The van der Waals surface area contributed by atoms with Gasteiger partial charge in [0.15, 0.2) is 0 Å². The van der Waals surface area contributed by atoms with Crippen LogP contribution in [0.4, 0.5) is 21.9 Å². The summed E-state index contributed by atoms with van der Waals surface area (Å²) in [6.45, 7) is 0. The maximum absolute atomic E-state index is 11.8. The highest BCUT2D eigenvalue weighted by Gasteiger charge is 2.10. The molecule has 0 atom stereocenters. The van der Waals surface area contributed by atoms with Gasteiger partial charge in [0.25, 0.3) is 14.7 Å². The number of nitrogens with zero attached hydrogens (tertiary/aromatic N) is 1. The molecule has 0 spiro atoms. The van der Waals surface area contributed by atoms with E-state index in [0.29, 0.717) is 11.4 Å². The van der Waals surface area contributed by atoms with Crippen molar-refractivity contribution in [1.82, 2.24) is 0 Å². The molecule has 0 aromatic heterocycles. The highest BCUT2D eigenvalue weighted by Crippen LogP contribution is 2.18. The molecule has 2 rings (SSSR count). The summed E-state index contributed by atoms with van der Waals surface area (Å²) in [6, 6.07) is 9.98. The zero-order valence-electron chi connectivity index (χ0n) is 11.4. The van der Waals surface area contributed by atoms with E-state index in [1.165, 1.54) is 48.5 Å². The molecule has 2 aromatic rings. The van der Waals surface area contributed by atoms with Gasteiger partial charge in [-0.25, -0.2) is 13.2 Å². The molecule has 23 heavy (non-hydrogen) atoms. The molecule has 0 saturated heterocycles. The van der Waals surface area contributed by atoms with Gasteiger partial charge in [-0.05, 0) is 36.4 Å². The molecule has 8 nitrogen and oxygen atoms in total. The van der Waals surface area contributed by atoms with Crippen LogP contribution in [0, 0.1) is 10.1 Å². The third kappa shape index (κ3) is 4.66. The summed E-state index contributed by atoms with van der Waals surface area (Å²) < 4.78 is 22.2. The van der Waals surface area contributed by atoms with Gasteiger partial charge in [-0.1, -0.05) is 0 Å². The summed E-state index contributed by atoms with van der Waals surface area (Å²) in [7, 11) is 1.36. The molecular weight excluding hydrogens is 346 g/mol. The van der Waals surface area contributed by atoms with Gasteiger partial charge in [-0.2, -0.15) is 0 Å². The first-order chi connectivity index (χ1) is 10.8. The number of carbonyl (C=O) groups is 1. The predicted octanol–water partition coefficient (Wildman–Crippen LogP) is 3.17. The first-order valence-corrected chi connectivity index (χ1v) is 8.44. The third-order valence-electron chi connectivity index (χ3n) is 2.73. The Balaban J connectivity index is 2.00. The number of nitro groups is 1. The van der Waals surface area contributed by atoms with Crippen molar-refractivity contribution in [3.8, 4) is 0 Å². The molecule has 2 aromatic carbocycles. The van der Waals surface area contributed by atoms with Gasteiger partial charge in [-0.15, -0.1) is 0 Å². The number of non-ortho nitro benzene ring substituents is 1. The molecule has 0 unspecified atom stereocenters. The summed E-state index contributed by atoms with van der Waals surface area (Å²) in [4.78, 5) is 21.7. The minimum atomic E-state index is -3.82. The Morgan fingerprint density at radius 1 is 0.957 bits per heavy atom. The van der Waals surface area contributed by atoms with Crippen LogP contribution >= 0.6 is 10.7 Å². The van der Waals surface area contributed by atoms with Gasteiger partial charge in [0.05, 0.1) is 9.82 Å². The Kier molecular flexibility index (Phi) is 4.82. The summed E-state index contributed by atoms with van der Waals surface area (Å²) in [5, 5.41) is 15.5. The van der Waals surface area contributed by atoms with Crippen molar-refractivity contribution in [1.29, 1.82) is 0 Å². The molecule has 0 aliphatic carbocycles. The Morgan fingerprint density at radius 2 is 1.39 bits per heavy atom. The Bertz CT molecular complexity index is 835. The van der Waals surface area contributed by atoms with Crippen LogP contribution < -0.4 is 10.6 Å². The van der Waals surface area contributed by atoms with Crippen molar-refractivity contribution >= 4 is 42.8 Å². The molecule has 0 aliphatic heterocycles. The van der Waals surface area contributed by atoms with E-state index in [2.05, 4.69) is 10.6 Å². The van der Waals surface area contributed by atoms with Crippen molar-refractivity contribution in [3.63, 3.8) is 0 Å². The average molecular weight is 356 g/mol. The van der Waals surface area contributed by atoms with E-state index >= 15 is 0 Å². The first kappa shape index (κ1) is 16.7. The summed E-state index contributed by atoms with van der Waals surface area (Å²) >= 11 is 0. The van der Waals surface area contributed by atoms with E-state index in [1.807, 2.05) is 0 Å². The largest absolute Gasteiger partial charge is 0.323 e. The lowest BCUT2D eigenvalue weighted by atomic mass is 10.3. The standard InChI is InChI=1S/C13H10ClN3O5S/c14-23(21,22)12-7-3-10(4-8-12)16-13(18)15-9-1-5-11(6-2-9)17(19)20/h1-8H,(H2,15,16,18). The molecule has 0 bridgehead atoms. The van der Waals surface area contributed by atoms with E-state index in [0.717, 1.165) is 0 Å². The normalized spacial score (nSPS) is 10.8. The maximum Gasteiger partial charge on any atom is 0.323 e. The summed E-state index contributed by atoms with van der Waals surface area (Å²) in [5.41, 5.74) is 0.635. The molecule has 0 aliphatic rings. The zero-order valence-corrected chi connectivity index (χ0v) is 13.0. The fraction of sp³-hybridized carbons (Fsp3) is 0. The van der Waals surface area contributed by atoms with E-state index in [1.54, 1.807) is 0 Å². The third-order valence-corrected chi connectivity index (χ3v) is 4.10. The molecule has 0 saturated carbocycles. The number of hydrogen-bond acceptors (Lipinski definition) is 5. The number of urea groups is 1. The van der Waals surface area contributed by atoms with Crippen molar-refractivity contribution < 1.29 is 18.1 Å². The van der Waals surface area contributed by atoms with E-state index < -0.39 is 20.0 Å². The lowest BCUT2D eigenvalue weighted by Gasteiger charge is -2.07. The van der Waals surface area contributed by atoms with Crippen LogP contribution in [0.3, 0.4) is 0 Å². The number of halogens is 1. The number of amides is 2. The summed E-state index contributed by atoms with van der Waals surface area (Å²) in [6.07, 6.45) is 0. The van der Waals surface area contributed by atoms with Gasteiger partial charge >= 0.3 is 6.03 Å². The van der Waals surface area contributed by atoms with Crippen molar-refractivity contribution in [2.45, 2.75) is 4.90 Å². The average Bonchev–Trinajstić information content (AvgIpc) is 2.47. The van der Waals surface area contributed by atoms with Crippen LogP contribution in [0.15, 0.2) is 53.4 Å². The molecule has 2 N–H and O–H groups in total. The van der Waals surface area contributed by atoms with E-state index in [9.17, 15) is 23.3 Å². The molecule has 120 valence electrons. The predicted molar refractivity (Wildman–Crippen MR) is 85.2 cm³/mol. The molecule has 0 fully saturated rings. The smallest absolute Gasteiger partial charge is 0.308 e. The van der Waals surface area contributed by atoms with Crippen molar-refractivity contribution in [2.24, 2.45) is 0 Å². The molecule has 0 heterocycles. The highest BCUT2D eigenvalue weighted by molar-refractivity contribution is 8.13. The number of rotatable bonds is 4. The second-order valence-corrected chi connectivity index (χ2v) is 6.91. The Labute approximate surface area is 135 Å². The van der Waals surface area contributed by atoms with Crippen molar-refractivity contribution in [3.05, 3.63) is 58.6 Å². The number of carbonyl (C=O) groups excluding carboxylic acids is 1. The van der Waals surface area contributed by atoms with E-state index in [-0.39, 0.29) is 10.6 Å². The van der Waals surface area contributed by atoms with Gasteiger partial charge in [0, 0.05) is 34.2 Å². The highest BCUT2D eigenvalue weighted by atomic mass is 35.7. The number of nitrogens with one attached hydrogen (secondary N) is 2. The Morgan fingerprint density at radius 3 is 1.78 bits per heavy atom. The van der Waals surface area contributed by atoms with Gasteiger partial charge in [0.2, 0.25) is 0 Å². The van der Waals surface area contributed by atoms with Crippen LogP contribution in [0.5, 0.6) is 0 Å². The van der Waals surface area contributed by atoms with Gasteiger partial charge in [-0.3, -0.25) is 10.1 Å². The molecule has 2 amide bonds. The van der Waals surface area contributed by atoms with Crippen LogP contribution in [0.2, 0.25) is 0 Å². The lowest BCUT2D eigenvalue weighted by molar-refractivity contribution is -0.384. The van der Waals surface area contributed by atoms with Crippen LogP contribution in [-0.2, 0) is 9.05 Å². The van der Waals surface area contributed by atoms with Gasteiger partial charge < -0.3 is 10.6 Å². The summed E-state index contributed by atoms with van der Waals surface area (Å²) in [5.74, 6) is 0. The van der Waals surface area contributed by atoms with Crippen molar-refractivity contribution in [2.75, 3.05) is 10.6 Å². The lowest BCUT2D eigenvalue weighted by Crippen LogP contribution is -2.19. The topological polar surface area (TPSA) is 118 Å². The molecular formula is C13H10ClN3O5S. The fourth-order valence-electron chi connectivity index (χ4n) is 1.66. The zero-order chi connectivity index (χ0) is 17.0. The quantitative estimate of drug-likeness (QED) is 0.496. The maximum atomic E-state index is 11.8. The monoisotopic (exact) mass is 355 g/mol. The van der Waals surface area contributed by atoms with E-state index in [4.69, 9.17) is 10.7 Å². The Hall–Kier alpha value is -2.65. The number of nitro benzene ring substituents is 1. The SMILES string of the molecule is O=C(Nc1ccc([N+](=O)[O-])cc1)Nc1ccc(S(=O)(=O)Cl)cc1. The number of benzene rings is 2. The van der Waals surface area contributed by atoms with Gasteiger partial charge in [0.1, 0.15) is 0 Å². The second kappa shape index (κ2) is 6.63.